The number of halogens is 3. The maximum atomic E-state index is 12.9. The molecule has 1 aliphatic rings. The monoisotopic (exact) mass is 419 g/mol. The van der Waals surface area contributed by atoms with Gasteiger partial charge in [-0.1, -0.05) is 40.9 Å². The van der Waals surface area contributed by atoms with Crippen molar-refractivity contribution < 1.29 is 4.79 Å². The molecule has 138 valence electrons. The van der Waals surface area contributed by atoms with Crippen molar-refractivity contribution in [3.63, 3.8) is 0 Å². The van der Waals surface area contributed by atoms with Crippen LogP contribution in [0.3, 0.4) is 0 Å². The molecule has 0 saturated carbocycles. The summed E-state index contributed by atoms with van der Waals surface area (Å²) in [4.78, 5) is 21.4. The second kappa shape index (κ2) is 7.55. The number of rotatable bonds is 2. The zero-order valence-corrected chi connectivity index (χ0v) is 16.6. The number of fused-ring (bicyclic) bond motifs is 1. The minimum atomic E-state index is -0.112. The molecule has 0 unspecified atom stereocenters. The second-order valence-electron chi connectivity index (χ2n) is 6.41. The number of carbonyl (C=O) groups is 1. The molecule has 0 atom stereocenters. The molecule has 0 radical (unpaired) electrons. The molecule has 3 aromatic rings. The van der Waals surface area contributed by atoms with Gasteiger partial charge in [0.2, 0.25) is 0 Å². The van der Waals surface area contributed by atoms with Crippen LogP contribution < -0.4 is 4.90 Å². The molecule has 27 heavy (non-hydrogen) atoms. The van der Waals surface area contributed by atoms with E-state index in [9.17, 15) is 4.79 Å². The average Bonchev–Trinajstić information content (AvgIpc) is 2.68. The van der Waals surface area contributed by atoms with Crippen molar-refractivity contribution >= 4 is 57.3 Å². The molecule has 0 bridgehead atoms. The lowest BCUT2D eigenvalue weighted by atomic mass is 10.2. The van der Waals surface area contributed by atoms with Gasteiger partial charge in [0.15, 0.2) is 0 Å². The third-order valence-corrected chi connectivity index (χ3v) is 5.46. The lowest BCUT2D eigenvalue weighted by Gasteiger charge is -2.36. The molecule has 1 amide bonds. The van der Waals surface area contributed by atoms with Crippen LogP contribution in [0.4, 0.5) is 5.69 Å². The van der Waals surface area contributed by atoms with Crippen molar-refractivity contribution in [2.75, 3.05) is 31.1 Å². The summed E-state index contributed by atoms with van der Waals surface area (Å²) in [5.74, 6) is -0.112. The lowest BCUT2D eigenvalue weighted by molar-refractivity contribution is 0.0741. The van der Waals surface area contributed by atoms with Crippen LogP contribution in [0.5, 0.6) is 0 Å². The van der Waals surface area contributed by atoms with Crippen LogP contribution in [0.2, 0.25) is 15.1 Å². The molecule has 4 rings (SSSR count). The Morgan fingerprint density at radius 1 is 0.889 bits per heavy atom. The first kappa shape index (κ1) is 18.4. The molecule has 0 N–H and O–H groups in total. The fourth-order valence-corrected chi connectivity index (χ4v) is 3.88. The summed E-state index contributed by atoms with van der Waals surface area (Å²) in [7, 11) is 0. The zero-order valence-electron chi connectivity index (χ0n) is 14.3. The molecule has 7 heteroatoms. The molecule has 1 aliphatic heterocycles. The normalized spacial score (nSPS) is 14.6. The highest BCUT2D eigenvalue weighted by Crippen LogP contribution is 2.27. The number of piperazine rings is 1. The summed E-state index contributed by atoms with van der Waals surface area (Å²) >= 11 is 18.4. The van der Waals surface area contributed by atoms with Crippen LogP contribution >= 0.6 is 34.8 Å². The highest BCUT2D eigenvalue weighted by atomic mass is 35.5. The summed E-state index contributed by atoms with van der Waals surface area (Å²) in [6.07, 6.45) is 0. The number of pyridine rings is 1. The summed E-state index contributed by atoms with van der Waals surface area (Å²) < 4.78 is 0. The molecule has 2 heterocycles. The fourth-order valence-electron chi connectivity index (χ4n) is 3.27. The van der Waals surface area contributed by atoms with Crippen LogP contribution in [-0.2, 0) is 0 Å². The van der Waals surface area contributed by atoms with E-state index < -0.39 is 0 Å². The first-order chi connectivity index (χ1) is 13.0. The first-order valence-electron chi connectivity index (χ1n) is 8.57. The second-order valence-corrected chi connectivity index (χ2v) is 7.69. The van der Waals surface area contributed by atoms with E-state index in [1.54, 1.807) is 24.3 Å². The fraction of sp³-hybridized carbons (Fsp3) is 0.200. The minimum Gasteiger partial charge on any atom is -0.368 e. The largest absolute Gasteiger partial charge is 0.368 e. The van der Waals surface area contributed by atoms with Gasteiger partial charge in [0.05, 0.1) is 10.5 Å². The third-order valence-electron chi connectivity index (χ3n) is 4.68. The summed E-state index contributed by atoms with van der Waals surface area (Å²) in [6, 6.07) is 14.6. The van der Waals surface area contributed by atoms with Gasteiger partial charge in [0.1, 0.15) is 5.69 Å². The predicted molar refractivity (Wildman–Crippen MR) is 111 cm³/mol. The summed E-state index contributed by atoms with van der Waals surface area (Å²) in [6.45, 7) is 2.71. The Morgan fingerprint density at radius 3 is 2.37 bits per heavy atom. The van der Waals surface area contributed by atoms with Crippen LogP contribution in [0.15, 0.2) is 48.5 Å². The van der Waals surface area contributed by atoms with E-state index in [1.807, 2.05) is 29.2 Å². The van der Waals surface area contributed by atoms with Gasteiger partial charge in [0, 0.05) is 47.3 Å². The standard InChI is InChI=1S/C20H16Cl3N3O/c21-13-2-1-3-15(10-13)25-6-8-26(9-7-25)20(27)19-12-17(23)16-11-14(22)4-5-18(16)24-19/h1-5,10-12H,6-9H2. The number of anilines is 1. The number of carbonyl (C=O) groups excluding carboxylic acids is 1. The highest BCUT2D eigenvalue weighted by molar-refractivity contribution is 6.37. The SMILES string of the molecule is O=C(c1cc(Cl)c2cc(Cl)ccc2n1)N1CCN(c2cccc(Cl)c2)CC1. The van der Waals surface area contributed by atoms with E-state index in [4.69, 9.17) is 34.8 Å². The molecule has 0 aliphatic carbocycles. The highest BCUT2D eigenvalue weighted by Gasteiger charge is 2.24. The summed E-state index contributed by atoms with van der Waals surface area (Å²) in [5, 5.41) is 2.51. The third kappa shape index (κ3) is 3.84. The Kier molecular flexibility index (Phi) is 5.13. The van der Waals surface area contributed by atoms with Gasteiger partial charge < -0.3 is 9.80 Å². The molecular formula is C20H16Cl3N3O. The van der Waals surface area contributed by atoms with E-state index in [1.165, 1.54) is 0 Å². The molecule has 2 aromatic carbocycles. The number of aromatic nitrogens is 1. The van der Waals surface area contributed by atoms with Gasteiger partial charge in [-0.25, -0.2) is 4.98 Å². The molecule has 1 saturated heterocycles. The van der Waals surface area contributed by atoms with Gasteiger partial charge in [-0.2, -0.15) is 0 Å². The quantitative estimate of drug-likeness (QED) is 0.575. The molecule has 0 spiro atoms. The van der Waals surface area contributed by atoms with Crippen molar-refractivity contribution in [2.45, 2.75) is 0 Å². The van der Waals surface area contributed by atoms with Gasteiger partial charge >= 0.3 is 0 Å². The molecule has 1 fully saturated rings. The Morgan fingerprint density at radius 2 is 1.63 bits per heavy atom. The van der Waals surface area contributed by atoms with E-state index in [0.29, 0.717) is 39.4 Å². The number of benzene rings is 2. The Labute approximate surface area is 172 Å². The van der Waals surface area contributed by atoms with Crippen molar-refractivity contribution in [2.24, 2.45) is 0 Å². The van der Waals surface area contributed by atoms with E-state index in [2.05, 4.69) is 9.88 Å². The van der Waals surface area contributed by atoms with Gasteiger partial charge in [-0.05, 0) is 42.5 Å². The van der Waals surface area contributed by atoms with Gasteiger partial charge in [-0.3, -0.25) is 4.79 Å². The minimum absolute atomic E-state index is 0.112. The Balaban J connectivity index is 1.51. The number of hydrogen-bond donors (Lipinski definition) is 0. The lowest BCUT2D eigenvalue weighted by Crippen LogP contribution is -2.49. The molecule has 4 nitrogen and oxygen atoms in total. The average molecular weight is 421 g/mol. The predicted octanol–water partition coefficient (Wildman–Crippen LogP) is 5.16. The zero-order chi connectivity index (χ0) is 19.0. The van der Waals surface area contributed by atoms with Gasteiger partial charge in [-0.15, -0.1) is 0 Å². The van der Waals surface area contributed by atoms with E-state index in [0.717, 1.165) is 24.2 Å². The smallest absolute Gasteiger partial charge is 0.272 e. The number of hydrogen-bond acceptors (Lipinski definition) is 3. The first-order valence-corrected chi connectivity index (χ1v) is 9.70. The Bertz CT molecular complexity index is 1020. The number of nitrogens with zero attached hydrogens (tertiary/aromatic N) is 3. The maximum absolute atomic E-state index is 12.9. The van der Waals surface area contributed by atoms with Crippen molar-refractivity contribution in [3.05, 3.63) is 69.3 Å². The van der Waals surface area contributed by atoms with Crippen LogP contribution in [-0.4, -0.2) is 42.0 Å². The van der Waals surface area contributed by atoms with Crippen molar-refractivity contribution in [1.82, 2.24) is 9.88 Å². The summed E-state index contributed by atoms with van der Waals surface area (Å²) in [5.41, 5.74) is 2.08. The molecular weight excluding hydrogens is 405 g/mol. The maximum Gasteiger partial charge on any atom is 0.272 e. The molecule has 1 aromatic heterocycles. The van der Waals surface area contributed by atoms with E-state index >= 15 is 0 Å². The van der Waals surface area contributed by atoms with Crippen molar-refractivity contribution in [3.8, 4) is 0 Å². The van der Waals surface area contributed by atoms with Crippen LogP contribution in [0.25, 0.3) is 10.9 Å². The van der Waals surface area contributed by atoms with Crippen molar-refractivity contribution in [1.29, 1.82) is 0 Å². The topological polar surface area (TPSA) is 36.4 Å². The van der Waals surface area contributed by atoms with E-state index in [-0.39, 0.29) is 5.91 Å². The van der Waals surface area contributed by atoms with Crippen LogP contribution in [0, 0.1) is 0 Å². The number of amides is 1. The van der Waals surface area contributed by atoms with Gasteiger partial charge in [0.25, 0.3) is 5.91 Å². The van der Waals surface area contributed by atoms with Crippen LogP contribution in [0.1, 0.15) is 10.5 Å². The Hall–Kier alpha value is -2.01.